The van der Waals surface area contributed by atoms with Crippen LogP contribution in [0.3, 0.4) is 0 Å². The Bertz CT molecular complexity index is 535. The summed E-state index contributed by atoms with van der Waals surface area (Å²) in [6, 6.07) is 3.51. The van der Waals surface area contributed by atoms with E-state index in [-0.39, 0.29) is 0 Å². The summed E-state index contributed by atoms with van der Waals surface area (Å²) in [5, 5.41) is 7.48. The Balaban J connectivity index is 2.45. The summed E-state index contributed by atoms with van der Waals surface area (Å²) < 4.78 is 1.63. The summed E-state index contributed by atoms with van der Waals surface area (Å²) in [5.41, 5.74) is 1.48. The summed E-state index contributed by atoms with van der Waals surface area (Å²) >= 11 is 5.79. The number of hydrogen-bond donors (Lipinski definition) is 1. The van der Waals surface area contributed by atoms with Crippen molar-refractivity contribution in [1.29, 1.82) is 0 Å². The highest BCUT2D eigenvalue weighted by atomic mass is 35.5. The predicted octanol–water partition coefficient (Wildman–Crippen LogP) is 0.954. The first-order valence-electron chi connectivity index (χ1n) is 4.45. The maximum absolute atomic E-state index is 5.79. The van der Waals surface area contributed by atoms with Crippen LogP contribution in [0, 0.1) is 11.8 Å². The van der Waals surface area contributed by atoms with Gasteiger partial charge in [-0.25, -0.2) is 9.50 Å². The number of hydrogen-bond acceptors (Lipinski definition) is 3. The van der Waals surface area contributed by atoms with E-state index in [0.717, 1.165) is 11.3 Å². The van der Waals surface area contributed by atoms with Gasteiger partial charge in [-0.3, -0.25) is 0 Å². The number of imidazole rings is 1. The van der Waals surface area contributed by atoms with Crippen molar-refractivity contribution in [3.63, 3.8) is 0 Å². The molecule has 0 aliphatic carbocycles. The van der Waals surface area contributed by atoms with E-state index in [0.29, 0.717) is 11.7 Å². The Labute approximate surface area is 92.3 Å². The van der Waals surface area contributed by atoms with Crippen molar-refractivity contribution in [1.82, 2.24) is 19.9 Å². The van der Waals surface area contributed by atoms with Crippen LogP contribution in [0.25, 0.3) is 5.65 Å². The lowest BCUT2D eigenvalue weighted by atomic mass is 10.4. The van der Waals surface area contributed by atoms with Crippen LogP contribution in [0.15, 0.2) is 18.3 Å². The largest absolute Gasteiger partial charge is 0.309 e. The van der Waals surface area contributed by atoms with Crippen molar-refractivity contribution < 1.29 is 0 Å². The van der Waals surface area contributed by atoms with Crippen molar-refractivity contribution in [3.05, 3.63) is 29.2 Å². The second-order valence-electron chi connectivity index (χ2n) is 2.90. The maximum atomic E-state index is 5.79. The Hall–Kier alpha value is -1.57. The minimum atomic E-state index is 0.428. The van der Waals surface area contributed by atoms with Gasteiger partial charge in [0.2, 0.25) is 0 Å². The van der Waals surface area contributed by atoms with Gasteiger partial charge in [0.25, 0.3) is 0 Å². The monoisotopic (exact) mass is 220 g/mol. The van der Waals surface area contributed by atoms with Gasteiger partial charge < -0.3 is 5.32 Å². The van der Waals surface area contributed by atoms with Gasteiger partial charge in [0.15, 0.2) is 5.65 Å². The van der Waals surface area contributed by atoms with E-state index >= 15 is 0 Å². The number of fused-ring (bicyclic) bond motifs is 1. The molecular formula is C10H9ClN4. The fourth-order valence-corrected chi connectivity index (χ4v) is 1.30. The van der Waals surface area contributed by atoms with Crippen LogP contribution in [0.2, 0.25) is 5.15 Å². The molecule has 0 unspecified atom stereocenters. The van der Waals surface area contributed by atoms with Crippen molar-refractivity contribution in [2.45, 2.75) is 0 Å². The number of aromatic nitrogens is 3. The molecule has 0 spiro atoms. The van der Waals surface area contributed by atoms with E-state index in [4.69, 9.17) is 11.6 Å². The lowest BCUT2D eigenvalue weighted by Crippen LogP contribution is -2.04. The average Bonchev–Trinajstić information content (AvgIpc) is 2.62. The number of nitrogens with zero attached hydrogens (tertiary/aromatic N) is 3. The second kappa shape index (κ2) is 4.30. The third kappa shape index (κ3) is 2.09. The smallest absolute Gasteiger partial charge is 0.155 e. The van der Waals surface area contributed by atoms with Crippen LogP contribution >= 0.6 is 11.6 Å². The van der Waals surface area contributed by atoms with Crippen molar-refractivity contribution in [3.8, 4) is 11.8 Å². The third-order valence-corrected chi connectivity index (χ3v) is 2.01. The molecule has 5 heteroatoms. The fraction of sp³-hybridized carbons (Fsp3) is 0.200. The molecular weight excluding hydrogens is 212 g/mol. The van der Waals surface area contributed by atoms with Crippen LogP contribution < -0.4 is 5.32 Å². The molecule has 0 atom stereocenters. The number of nitrogens with one attached hydrogen (secondary N) is 1. The lowest BCUT2D eigenvalue weighted by Gasteiger charge is -1.93. The quantitative estimate of drug-likeness (QED) is 0.728. The van der Waals surface area contributed by atoms with E-state index in [2.05, 4.69) is 27.2 Å². The first-order valence-corrected chi connectivity index (χ1v) is 4.83. The van der Waals surface area contributed by atoms with Crippen LogP contribution in [0.4, 0.5) is 0 Å². The SMILES string of the molecule is CNCC#Cc1cnc2ccc(Cl)nn12. The van der Waals surface area contributed by atoms with Gasteiger partial charge in [0.1, 0.15) is 10.8 Å². The second-order valence-corrected chi connectivity index (χ2v) is 3.29. The molecule has 76 valence electrons. The van der Waals surface area contributed by atoms with Gasteiger partial charge in [-0.1, -0.05) is 17.5 Å². The zero-order valence-corrected chi connectivity index (χ0v) is 8.91. The molecule has 0 bridgehead atoms. The van der Waals surface area contributed by atoms with Crippen LogP contribution in [-0.4, -0.2) is 28.2 Å². The molecule has 2 heterocycles. The number of rotatable bonds is 1. The molecule has 0 aliphatic heterocycles. The topological polar surface area (TPSA) is 42.2 Å². The van der Waals surface area contributed by atoms with Crippen LogP contribution in [0.1, 0.15) is 5.69 Å². The highest BCUT2D eigenvalue weighted by molar-refractivity contribution is 6.29. The molecule has 0 radical (unpaired) electrons. The molecule has 4 nitrogen and oxygen atoms in total. The van der Waals surface area contributed by atoms with E-state index in [1.54, 1.807) is 22.8 Å². The zero-order valence-electron chi connectivity index (χ0n) is 8.16. The molecule has 0 saturated heterocycles. The normalized spacial score (nSPS) is 10.0. The first kappa shape index (κ1) is 9.97. The summed E-state index contributed by atoms with van der Waals surface area (Å²) in [6.07, 6.45) is 1.68. The zero-order chi connectivity index (χ0) is 10.7. The minimum Gasteiger partial charge on any atom is -0.309 e. The summed E-state index contributed by atoms with van der Waals surface area (Å²) in [7, 11) is 1.85. The summed E-state index contributed by atoms with van der Waals surface area (Å²) in [4.78, 5) is 4.16. The van der Waals surface area contributed by atoms with E-state index in [9.17, 15) is 0 Å². The summed E-state index contributed by atoms with van der Waals surface area (Å²) in [5.74, 6) is 5.91. The maximum Gasteiger partial charge on any atom is 0.155 e. The Morgan fingerprint density at radius 3 is 3.20 bits per heavy atom. The van der Waals surface area contributed by atoms with E-state index in [1.165, 1.54) is 0 Å². The predicted molar refractivity (Wildman–Crippen MR) is 58.8 cm³/mol. The van der Waals surface area contributed by atoms with Crippen molar-refractivity contribution >= 4 is 17.2 Å². The Morgan fingerprint density at radius 2 is 2.40 bits per heavy atom. The summed E-state index contributed by atoms with van der Waals surface area (Å²) in [6.45, 7) is 0.633. The minimum absolute atomic E-state index is 0.428. The molecule has 2 aromatic rings. The van der Waals surface area contributed by atoms with Crippen molar-refractivity contribution in [2.24, 2.45) is 0 Å². The van der Waals surface area contributed by atoms with Gasteiger partial charge in [0, 0.05) is 0 Å². The van der Waals surface area contributed by atoms with Gasteiger partial charge >= 0.3 is 0 Å². The van der Waals surface area contributed by atoms with Gasteiger partial charge in [-0.2, -0.15) is 5.10 Å². The highest BCUT2D eigenvalue weighted by Gasteiger charge is 2.01. The first-order chi connectivity index (χ1) is 7.31. The van der Waals surface area contributed by atoms with Crippen molar-refractivity contribution in [2.75, 3.05) is 13.6 Å². The van der Waals surface area contributed by atoms with E-state index in [1.807, 2.05) is 7.05 Å². The third-order valence-electron chi connectivity index (χ3n) is 1.81. The lowest BCUT2D eigenvalue weighted by molar-refractivity contribution is 0.919. The van der Waals surface area contributed by atoms with Gasteiger partial charge in [0.05, 0.1) is 12.7 Å². The van der Waals surface area contributed by atoms with Gasteiger partial charge in [-0.15, -0.1) is 0 Å². The molecule has 1 N–H and O–H groups in total. The van der Waals surface area contributed by atoms with Crippen LogP contribution in [-0.2, 0) is 0 Å². The van der Waals surface area contributed by atoms with Gasteiger partial charge in [-0.05, 0) is 25.1 Å². The Kier molecular flexibility index (Phi) is 2.86. The van der Waals surface area contributed by atoms with E-state index < -0.39 is 0 Å². The highest BCUT2D eigenvalue weighted by Crippen LogP contribution is 2.08. The molecule has 0 fully saturated rings. The average molecular weight is 221 g/mol. The Morgan fingerprint density at radius 1 is 1.53 bits per heavy atom. The molecule has 0 aliphatic rings. The molecule has 2 rings (SSSR count). The number of halogens is 1. The molecule has 0 aromatic carbocycles. The molecule has 0 amide bonds. The standard InChI is InChI=1S/C10H9ClN4/c1-12-6-2-3-8-7-13-10-5-4-9(11)14-15(8)10/h4-5,7,12H,6H2,1H3. The molecule has 2 aromatic heterocycles. The van der Waals surface area contributed by atoms with Crippen LogP contribution in [0.5, 0.6) is 0 Å². The fourth-order valence-electron chi connectivity index (χ4n) is 1.16. The molecule has 0 saturated carbocycles. The molecule has 15 heavy (non-hydrogen) atoms.